The minimum Gasteiger partial charge on any atom is -0.444 e. The van der Waals surface area contributed by atoms with E-state index in [2.05, 4.69) is 5.32 Å². The van der Waals surface area contributed by atoms with Gasteiger partial charge in [-0.2, -0.15) is 5.26 Å². The third-order valence-electron chi connectivity index (χ3n) is 2.26. The molecule has 5 nitrogen and oxygen atoms in total. The van der Waals surface area contributed by atoms with Gasteiger partial charge in [-0.3, -0.25) is 4.79 Å². The van der Waals surface area contributed by atoms with E-state index < -0.39 is 12.1 Å². The molecule has 0 aliphatic heterocycles. The second kappa shape index (κ2) is 5.82. The number of nitriles is 1. The fourth-order valence-corrected chi connectivity index (χ4v) is 1.43. The van der Waals surface area contributed by atoms with Crippen LogP contribution in [-0.2, 0) is 9.53 Å². The smallest absolute Gasteiger partial charge is 0.341 e. The molecule has 18 heavy (non-hydrogen) atoms. The molecule has 5 heteroatoms. The fraction of sp³-hybridized carbons (Fsp3) is 0.308. The molecule has 1 aromatic carbocycles. The standard InChI is InChI=1S/C13H14N2O3/c1-8-5-4-6-11(12(8)15-10(3)16)13(17)18-9(2)7-14/h4-6,9H,1-3H3,(H,15,16). The Kier molecular flexibility index (Phi) is 4.44. The van der Waals surface area contributed by atoms with Crippen molar-refractivity contribution < 1.29 is 14.3 Å². The Hall–Kier alpha value is -2.35. The number of hydrogen-bond acceptors (Lipinski definition) is 4. The molecule has 1 rings (SSSR count). The zero-order valence-corrected chi connectivity index (χ0v) is 10.5. The molecule has 0 aliphatic rings. The van der Waals surface area contributed by atoms with E-state index in [1.165, 1.54) is 13.8 Å². The van der Waals surface area contributed by atoms with Crippen molar-refractivity contribution >= 4 is 17.6 Å². The van der Waals surface area contributed by atoms with Crippen LogP contribution >= 0.6 is 0 Å². The van der Waals surface area contributed by atoms with Crippen molar-refractivity contribution in [3.63, 3.8) is 0 Å². The molecule has 0 fully saturated rings. The van der Waals surface area contributed by atoms with Crippen LogP contribution in [0.4, 0.5) is 5.69 Å². The summed E-state index contributed by atoms with van der Waals surface area (Å²) >= 11 is 0. The van der Waals surface area contributed by atoms with E-state index in [9.17, 15) is 9.59 Å². The lowest BCUT2D eigenvalue weighted by Crippen LogP contribution is -2.17. The summed E-state index contributed by atoms with van der Waals surface area (Å²) in [7, 11) is 0. The first-order valence-corrected chi connectivity index (χ1v) is 5.43. The number of carbonyl (C=O) groups is 2. The van der Waals surface area contributed by atoms with Gasteiger partial charge in [-0.15, -0.1) is 0 Å². The lowest BCUT2D eigenvalue weighted by Gasteiger charge is -2.13. The highest BCUT2D eigenvalue weighted by Gasteiger charge is 2.17. The first-order chi connectivity index (χ1) is 8.45. The maximum Gasteiger partial charge on any atom is 0.341 e. The summed E-state index contributed by atoms with van der Waals surface area (Å²) in [5, 5.41) is 11.2. The van der Waals surface area contributed by atoms with Gasteiger partial charge in [0.15, 0.2) is 6.10 Å². The van der Waals surface area contributed by atoms with Gasteiger partial charge in [-0.1, -0.05) is 12.1 Å². The summed E-state index contributed by atoms with van der Waals surface area (Å²) in [5.41, 5.74) is 1.41. The molecule has 0 aromatic heterocycles. The SMILES string of the molecule is CC(=O)Nc1c(C)cccc1C(=O)OC(C)C#N. The molecule has 1 atom stereocenters. The number of hydrogen-bond donors (Lipinski definition) is 1. The molecule has 94 valence electrons. The van der Waals surface area contributed by atoms with Gasteiger partial charge in [0.1, 0.15) is 6.07 Å². The molecule has 0 heterocycles. The number of esters is 1. The topological polar surface area (TPSA) is 79.2 Å². The summed E-state index contributed by atoms with van der Waals surface area (Å²) in [4.78, 5) is 22.9. The van der Waals surface area contributed by atoms with E-state index in [1.54, 1.807) is 25.1 Å². The monoisotopic (exact) mass is 246 g/mol. The number of nitrogens with one attached hydrogen (secondary N) is 1. The van der Waals surface area contributed by atoms with E-state index >= 15 is 0 Å². The molecule has 0 spiro atoms. The third kappa shape index (κ3) is 3.32. The Morgan fingerprint density at radius 2 is 2.11 bits per heavy atom. The normalized spacial score (nSPS) is 11.2. The number of para-hydroxylation sites is 1. The van der Waals surface area contributed by atoms with E-state index in [1.807, 2.05) is 6.07 Å². The van der Waals surface area contributed by atoms with Crippen molar-refractivity contribution in [3.8, 4) is 6.07 Å². The molecule has 0 saturated carbocycles. The first kappa shape index (κ1) is 13.7. The average Bonchev–Trinajstić information content (AvgIpc) is 2.30. The maximum atomic E-state index is 11.8. The molecule has 1 aromatic rings. The molecule has 0 radical (unpaired) electrons. The number of nitrogens with zero attached hydrogens (tertiary/aromatic N) is 1. The van der Waals surface area contributed by atoms with Crippen molar-refractivity contribution in [3.05, 3.63) is 29.3 Å². The lowest BCUT2D eigenvalue weighted by atomic mass is 10.1. The minimum atomic E-state index is -0.830. The van der Waals surface area contributed by atoms with Crippen molar-refractivity contribution in [2.75, 3.05) is 5.32 Å². The Morgan fingerprint density at radius 3 is 2.67 bits per heavy atom. The van der Waals surface area contributed by atoms with E-state index in [4.69, 9.17) is 10.00 Å². The largest absolute Gasteiger partial charge is 0.444 e. The van der Waals surface area contributed by atoms with Crippen LogP contribution < -0.4 is 5.32 Å². The number of amides is 1. The van der Waals surface area contributed by atoms with Gasteiger partial charge >= 0.3 is 5.97 Å². The first-order valence-electron chi connectivity index (χ1n) is 5.43. The number of ether oxygens (including phenoxy) is 1. The van der Waals surface area contributed by atoms with Crippen LogP contribution in [0.5, 0.6) is 0 Å². The maximum absolute atomic E-state index is 11.8. The van der Waals surface area contributed by atoms with Crippen LogP contribution in [0.15, 0.2) is 18.2 Å². The summed E-state index contributed by atoms with van der Waals surface area (Å²) in [6.45, 7) is 4.61. The van der Waals surface area contributed by atoms with Crippen LogP contribution in [-0.4, -0.2) is 18.0 Å². The molecule has 0 aliphatic carbocycles. The third-order valence-corrected chi connectivity index (χ3v) is 2.26. The summed E-state index contributed by atoms with van der Waals surface area (Å²) in [5.74, 6) is -0.900. The summed E-state index contributed by atoms with van der Waals surface area (Å²) in [6, 6.07) is 6.82. The Bertz CT molecular complexity index is 517. The highest BCUT2D eigenvalue weighted by molar-refractivity contribution is 6.01. The number of rotatable bonds is 3. The molecular weight excluding hydrogens is 232 g/mol. The number of anilines is 1. The van der Waals surface area contributed by atoms with Crippen LogP contribution in [0, 0.1) is 18.3 Å². The van der Waals surface area contributed by atoms with Crippen molar-refractivity contribution in [1.82, 2.24) is 0 Å². The van der Waals surface area contributed by atoms with E-state index in [0.717, 1.165) is 5.56 Å². The highest BCUT2D eigenvalue weighted by atomic mass is 16.5. The highest BCUT2D eigenvalue weighted by Crippen LogP contribution is 2.21. The predicted octanol–water partition coefficient (Wildman–Crippen LogP) is 2.02. The van der Waals surface area contributed by atoms with Crippen LogP contribution in [0.2, 0.25) is 0 Å². The molecular formula is C13H14N2O3. The van der Waals surface area contributed by atoms with E-state index in [-0.39, 0.29) is 11.5 Å². The number of carbonyl (C=O) groups excluding carboxylic acids is 2. The van der Waals surface area contributed by atoms with Gasteiger partial charge in [0, 0.05) is 6.92 Å². The Morgan fingerprint density at radius 1 is 1.44 bits per heavy atom. The van der Waals surface area contributed by atoms with Gasteiger partial charge in [-0.05, 0) is 25.5 Å². The molecule has 0 saturated heterocycles. The van der Waals surface area contributed by atoms with Gasteiger partial charge in [0.2, 0.25) is 5.91 Å². The van der Waals surface area contributed by atoms with Crippen molar-refractivity contribution in [2.45, 2.75) is 26.9 Å². The second-order valence-corrected chi connectivity index (χ2v) is 3.86. The van der Waals surface area contributed by atoms with Crippen LogP contribution in [0.3, 0.4) is 0 Å². The zero-order valence-electron chi connectivity index (χ0n) is 10.5. The Labute approximate surface area is 105 Å². The molecule has 1 amide bonds. The summed E-state index contributed by atoms with van der Waals surface area (Å²) in [6.07, 6.45) is -0.830. The fourth-order valence-electron chi connectivity index (χ4n) is 1.43. The number of benzene rings is 1. The van der Waals surface area contributed by atoms with Gasteiger partial charge in [0.25, 0.3) is 0 Å². The van der Waals surface area contributed by atoms with Gasteiger partial charge in [0.05, 0.1) is 11.3 Å². The lowest BCUT2D eigenvalue weighted by molar-refractivity contribution is -0.114. The van der Waals surface area contributed by atoms with E-state index in [0.29, 0.717) is 5.69 Å². The Balaban J connectivity index is 3.08. The molecule has 0 bridgehead atoms. The van der Waals surface area contributed by atoms with Crippen molar-refractivity contribution in [1.29, 1.82) is 5.26 Å². The number of aryl methyl sites for hydroxylation is 1. The zero-order chi connectivity index (χ0) is 13.7. The predicted molar refractivity (Wildman–Crippen MR) is 66.0 cm³/mol. The van der Waals surface area contributed by atoms with Crippen molar-refractivity contribution in [2.24, 2.45) is 0 Å². The molecule has 1 N–H and O–H groups in total. The van der Waals surface area contributed by atoms with Crippen LogP contribution in [0.25, 0.3) is 0 Å². The molecule has 1 unspecified atom stereocenters. The minimum absolute atomic E-state index is 0.243. The summed E-state index contributed by atoms with van der Waals surface area (Å²) < 4.78 is 4.91. The average molecular weight is 246 g/mol. The second-order valence-electron chi connectivity index (χ2n) is 3.86. The van der Waals surface area contributed by atoms with Gasteiger partial charge in [-0.25, -0.2) is 4.79 Å². The quantitative estimate of drug-likeness (QED) is 0.827. The van der Waals surface area contributed by atoms with Gasteiger partial charge < -0.3 is 10.1 Å². The van der Waals surface area contributed by atoms with Crippen LogP contribution in [0.1, 0.15) is 29.8 Å².